The number of ether oxygens (including phenoxy) is 4. The number of benzene rings is 1. The highest BCUT2D eigenvalue weighted by molar-refractivity contribution is 5.87. The van der Waals surface area contributed by atoms with E-state index in [9.17, 15) is 24.3 Å². The average molecular weight is 560 g/mol. The van der Waals surface area contributed by atoms with E-state index >= 15 is 0 Å². The van der Waals surface area contributed by atoms with Gasteiger partial charge >= 0.3 is 18.2 Å². The molecule has 12 heteroatoms. The first-order chi connectivity index (χ1) is 18.9. The molecule has 0 spiro atoms. The number of amides is 3. The maximum Gasteiger partial charge on any atom is 0.411 e. The van der Waals surface area contributed by atoms with E-state index < -0.39 is 41.9 Å². The van der Waals surface area contributed by atoms with Gasteiger partial charge in [0.15, 0.2) is 6.04 Å². The van der Waals surface area contributed by atoms with Crippen molar-refractivity contribution < 1.29 is 43.2 Å². The molecule has 3 atom stereocenters. The molecule has 0 saturated carbocycles. The molecule has 0 unspecified atom stereocenters. The average Bonchev–Trinajstić information content (AvgIpc) is 3.54. The molecule has 3 rings (SSSR count). The summed E-state index contributed by atoms with van der Waals surface area (Å²) in [4.78, 5) is 52.2. The van der Waals surface area contributed by atoms with Crippen LogP contribution in [-0.2, 0) is 19.1 Å². The van der Waals surface area contributed by atoms with Gasteiger partial charge in [-0.2, -0.15) is 0 Å². The van der Waals surface area contributed by atoms with Gasteiger partial charge in [-0.3, -0.25) is 14.6 Å². The first-order valence-electron chi connectivity index (χ1n) is 13.0. The lowest BCUT2D eigenvalue weighted by Gasteiger charge is -2.28. The van der Waals surface area contributed by atoms with Gasteiger partial charge in [0.25, 0.3) is 0 Å². The van der Waals surface area contributed by atoms with Crippen molar-refractivity contribution in [2.45, 2.75) is 63.8 Å². The predicted octanol–water partition coefficient (Wildman–Crippen LogP) is 3.41. The number of rotatable bonds is 9. The lowest BCUT2D eigenvalue weighted by atomic mass is 10.1. The fourth-order valence-corrected chi connectivity index (χ4v) is 4.58. The van der Waals surface area contributed by atoms with Gasteiger partial charge in [0.2, 0.25) is 5.91 Å². The largest absolute Gasteiger partial charge is 0.496 e. The summed E-state index contributed by atoms with van der Waals surface area (Å²) in [5, 5.41) is 12.5. The number of carboxylic acids is 1. The van der Waals surface area contributed by atoms with E-state index in [1.54, 1.807) is 45.0 Å². The molecule has 2 N–H and O–H groups in total. The Kier molecular flexibility index (Phi) is 10.0. The molecular weight excluding hydrogens is 522 g/mol. The first kappa shape index (κ1) is 30.3. The van der Waals surface area contributed by atoms with Crippen molar-refractivity contribution in [1.82, 2.24) is 15.1 Å². The number of nitrogens with zero attached hydrogens (tertiary/aromatic N) is 2. The molecule has 1 aromatic carbocycles. The number of aliphatic carboxylic acids is 1. The summed E-state index contributed by atoms with van der Waals surface area (Å²) < 4.78 is 21.8. The predicted molar refractivity (Wildman–Crippen MR) is 145 cm³/mol. The van der Waals surface area contributed by atoms with Crippen molar-refractivity contribution >= 4 is 30.1 Å². The van der Waals surface area contributed by atoms with Crippen LogP contribution in [0.4, 0.5) is 9.59 Å². The third kappa shape index (κ3) is 7.67. The van der Waals surface area contributed by atoms with Gasteiger partial charge in [-0.25, -0.2) is 14.4 Å². The highest BCUT2D eigenvalue weighted by Crippen LogP contribution is 2.30. The highest BCUT2D eigenvalue weighted by Gasteiger charge is 2.45. The fraction of sp³-hybridized carbons (Fsp3) is 0.500. The molecule has 0 aromatic heterocycles. The van der Waals surface area contributed by atoms with E-state index in [0.29, 0.717) is 42.9 Å². The second-order valence-electron chi connectivity index (χ2n) is 10.4. The molecule has 1 aromatic rings. The minimum absolute atomic E-state index is 0.0644. The number of carbonyl (C=O) groups excluding carboxylic acids is 3. The SMILES string of the molecule is C=CCOC(=O)N1CCC[C@H]1C(=O)N/C=C/c1cc(O[C@H]2CCN(C(=O)OC(C)(C)C)[C@@H]2C(=O)O)ccc1OC. The Balaban J connectivity index is 1.68. The number of hydrogen-bond donors (Lipinski definition) is 2. The summed E-state index contributed by atoms with van der Waals surface area (Å²) >= 11 is 0. The smallest absolute Gasteiger partial charge is 0.411 e. The Morgan fingerprint density at radius 3 is 2.52 bits per heavy atom. The summed E-state index contributed by atoms with van der Waals surface area (Å²) in [6, 6.07) is 3.06. The van der Waals surface area contributed by atoms with E-state index in [1.807, 2.05) is 0 Å². The maximum atomic E-state index is 12.8. The summed E-state index contributed by atoms with van der Waals surface area (Å²) in [5.74, 6) is -0.696. The van der Waals surface area contributed by atoms with E-state index in [-0.39, 0.29) is 19.1 Å². The number of likely N-dealkylation sites (tertiary alicyclic amines) is 2. The first-order valence-corrected chi connectivity index (χ1v) is 13.0. The van der Waals surface area contributed by atoms with Gasteiger partial charge in [-0.15, -0.1) is 0 Å². The molecule has 2 heterocycles. The summed E-state index contributed by atoms with van der Waals surface area (Å²) in [5.41, 5.74) is -0.209. The van der Waals surface area contributed by atoms with Crippen molar-refractivity contribution in [2.24, 2.45) is 0 Å². The minimum Gasteiger partial charge on any atom is -0.496 e. The van der Waals surface area contributed by atoms with Crippen LogP contribution in [0.5, 0.6) is 11.5 Å². The van der Waals surface area contributed by atoms with E-state index in [4.69, 9.17) is 18.9 Å². The second-order valence-corrected chi connectivity index (χ2v) is 10.4. The van der Waals surface area contributed by atoms with Crippen molar-refractivity contribution in [1.29, 1.82) is 0 Å². The molecule has 0 aliphatic carbocycles. The minimum atomic E-state index is -1.22. The highest BCUT2D eigenvalue weighted by atomic mass is 16.6. The lowest BCUT2D eigenvalue weighted by molar-refractivity contribution is -0.144. The van der Waals surface area contributed by atoms with Gasteiger partial charge < -0.3 is 29.4 Å². The molecule has 40 heavy (non-hydrogen) atoms. The molecule has 12 nitrogen and oxygen atoms in total. The van der Waals surface area contributed by atoms with Crippen LogP contribution in [0.2, 0.25) is 0 Å². The van der Waals surface area contributed by atoms with Gasteiger partial charge in [0.05, 0.1) is 7.11 Å². The molecular formula is C28H37N3O9. The zero-order valence-electron chi connectivity index (χ0n) is 23.3. The van der Waals surface area contributed by atoms with Crippen LogP contribution in [0.1, 0.15) is 45.6 Å². The second kappa shape index (κ2) is 13.2. The van der Waals surface area contributed by atoms with Gasteiger partial charge in [-0.1, -0.05) is 12.7 Å². The van der Waals surface area contributed by atoms with E-state index in [2.05, 4.69) is 11.9 Å². The zero-order chi connectivity index (χ0) is 29.4. The van der Waals surface area contributed by atoms with Crippen LogP contribution in [0.15, 0.2) is 37.1 Å². The number of hydrogen-bond acceptors (Lipinski definition) is 8. The maximum absolute atomic E-state index is 12.8. The molecule has 3 amide bonds. The Bertz CT molecular complexity index is 1140. The third-order valence-electron chi connectivity index (χ3n) is 6.32. The van der Waals surface area contributed by atoms with Crippen LogP contribution >= 0.6 is 0 Å². The molecule has 2 saturated heterocycles. The zero-order valence-corrected chi connectivity index (χ0v) is 23.3. The number of methoxy groups -OCH3 is 1. The molecule has 2 aliphatic rings. The van der Waals surface area contributed by atoms with Crippen molar-refractivity contribution in [3.05, 3.63) is 42.6 Å². The van der Waals surface area contributed by atoms with Gasteiger partial charge in [0, 0.05) is 31.3 Å². The quantitative estimate of drug-likeness (QED) is 0.435. The van der Waals surface area contributed by atoms with Crippen molar-refractivity contribution in [2.75, 3.05) is 26.8 Å². The summed E-state index contributed by atoms with van der Waals surface area (Å²) in [6.45, 7) is 9.31. The Labute approximate surface area is 233 Å². The molecule has 2 fully saturated rings. The van der Waals surface area contributed by atoms with Crippen molar-refractivity contribution in [3.63, 3.8) is 0 Å². The molecule has 2 aliphatic heterocycles. The van der Waals surface area contributed by atoms with E-state index in [1.165, 1.54) is 24.3 Å². The van der Waals surface area contributed by atoms with Crippen LogP contribution in [0.3, 0.4) is 0 Å². The number of carbonyl (C=O) groups is 4. The van der Waals surface area contributed by atoms with Crippen LogP contribution in [0, 0.1) is 0 Å². The van der Waals surface area contributed by atoms with Gasteiger partial charge in [0.1, 0.15) is 35.9 Å². The van der Waals surface area contributed by atoms with Crippen LogP contribution in [-0.4, -0.2) is 89.6 Å². The molecule has 218 valence electrons. The normalized spacial score (nSPS) is 20.8. The summed E-state index contributed by atoms with van der Waals surface area (Å²) in [6.07, 6.45) is 3.93. The topological polar surface area (TPSA) is 144 Å². The van der Waals surface area contributed by atoms with Gasteiger partial charge in [-0.05, 0) is 57.9 Å². The monoisotopic (exact) mass is 559 g/mol. The fourth-order valence-electron chi connectivity index (χ4n) is 4.58. The van der Waals surface area contributed by atoms with E-state index in [0.717, 1.165) is 4.90 Å². The Morgan fingerprint density at radius 1 is 1.12 bits per heavy atom. The van der Waals surface area contributed by atoms with Crippen molar-refractivity contribution in [3.8, 4) is 11.5 Å². The molecule has 0 radical (unpaired) electrons. The Hall–Kier alpha value is -4.22. The molecule has 0 bridgehead atoms. The number of carboxylic acid groups (broad SMARTS) is 1. The summed E-state index contributed by atoms with van der Waals surface area (Å²) in [7, 11) is 1.49. The van der Waals surface area contributed by atoms with Crippen LogP contribution in [0.25, 0.3) is 6.08 Å². The lowest BCUT2D eigenvalue weighted by Crippen LogP contribution is -2.48. The third-order valence-corrected chi connectivity index (χ3v) is 6.32. The Morgan fingerprint density at radius 2 is 1.88 bits per heavy atom. The van der Waals surface area contributed by atoms with Crippen LogP contribution < -0.4 is 14.8 Å². The number of nitrogens with one attached hydrogen (secondary N) is 1. The standard InChI is InChI=1S/C28H37N3O9/c1-6-16-38-26(35)30-14-7-8-20(30)24(32)29-13-11-18-17-19(9-10-21(18)37-5)39-22-12-15-31(23(22)25(33)34)27(36)40-28(2,3)4/h6,9-11,13,17,20,22-23H,1,7-8,12,14-16H2,2-5H3,(H,29,32)(H,33,34)/b13-11+/t20-,22-,23-/m0/s1.